The topological polar surface area (TPSA) is 91.5 Å². The Kier molecular flexibility index (Phi) is 5.38. The van der Waals surface area contributed by atoms with Crippen LogP contribution in [0.4, 0.5) is 0 Å². The molecule has 0 fully saturated rings. The number of imidazole rings is 1. The third-order valence-electron chi connectivity index (χ3n) is 3.61. The lowest BCUT2D eigenvalue weighted by Crippen LogP contribution is -2.17. The van der Waals surface area contributed by atoms with E-state index in [1.165, 1.54) is 6.21 Å². The number of benzene rings is 2. The maximum Gasteiger partial charge on any atom is 0.271 e. The Morgan fingerprint density at radius 2 is 1.96 bits per heavy atom. The molecule has 0 atom stereocenters. The summed E-state index contributed by atoms with van der Waals surface area (Å²) in [5.41, 5.74) is 5.30. The summed E-state index contributed by atoms with van der Waals surface area (Å²) in [6, 6.07) is 8.75. The molecule has 3 N–H and O–H groups in total. The number of aromatic amines is 2. The number of fused-ring (bicyclic) bond motifs is 1. The van der Waals surface area contributed by atoms with Gasteiger partial charge in [-0.1, -0.05) is 0 Å². The lowest BCUT2D eigenvalue weighted by Gasteiger charge is -2.10. The minimum atomic E-state index is -0.330. The molecule has 0 spiro atoms. The summed E-state index contributed by atoms with van der Waals surface area (Å²) in [5.74, 6) is 0.817. The number of ether oxygens (including phenoxy) is 2. The van der Waals surface area contributed by atoms with E-state index in [0.29, 0.717) is 21.8 Å². The predicted octanol–water partition coefficient (Wildman–Crippen LogP) is 3.77. The number of halogens is 1. The monoisotopic (exact) mass is 434 g/mol. The molecule has 0 radical (unpaired) electrons. The van der Waals surface area contributed by atoms with Crippen LogP contribution in [0.2, 0.25) is 0 Å². The normalized spacial score (nSPS) is 11.0. The van der Waals surface area contributed by atoms with Crippen molar-refractivity contribution in [2.45, 2.75) is 0 Å². The van der Waals surface area contributed by atoms with Crippen molar-refractivity contribution in [3.8, 4) is 11.5 Å². The lowest BCUT2D eigenvalue weighted by atomic mass is 10.2. The molecule has 0 bridgehead atoms. The molecule has 0 aliphatic rings. The van der Waals surface area contributed by atoms with Crippen molar-refractivity contribution in [1.82, 2.24) is 15.4 Å². The number of rotatable bonds is 5. The van der Waals surface area contributed by atoms with Crippen molar-refractivity contribution in [2.75, 3.05) is 14.2 Å². The molecule has 0 unspecified atom stereocenters. The fourth-order valence-corrected chi connectivity index (χ4v) is 3.26. The van der Waals surface area contributed by atoms with Crippen LogP contribution >= 0.6 is 28.1 Å². The van der Waals surface area contributed by atoms with Crippen LogP contribution in [0.1, 0.15) is 15.9 Å². The minimum absolute atomic E-state index is 0.330. The number of nitrogens with zero attached hydrogens (tertiary/aromatic N) is 1. The first kappa shape index (κ1) is 18.2. The van der Waals surface area contributed by atoms with E-state index in [0.717, 1.165) is 21.1 Å². The van der Waals surface area contributed by atoms with Gasteiger partial charge in [0.15, 0.2) is 16.3 Å². The second-order valence-corrected chi connectivity index (χ2v) is 6.54. The van der Waals surface area contributed by atoms with Crippen LogP contribution in [0, 0.1) is 4.77 Å². The predicted molar refractivity (Wildman–Crippen MR) is 106 cm³/mol. The zero-order valence-electron chi connectivity index (χ0n) is 13.9. The molecular weight excluding hydrogens is 420 g/mol. The number of hydrogen-bond donors (Lipinski definition) is 3. The van der Waals surface area contributed by atoms with E-state index in [1.807, 2.05) is 6.07 Å². The van der Waals surface area contributed by atoms with Gasteiger partial charge >= 0.3 is 0 Å². The fourth-order valence-electron chi connectivity index (χ4n) is 2.42. The summed E-state index contributed by atoms with van der Waals surface area (Å²) in [6.45, 7) is 0. The van der Waals surface area contributed by atoms with Crippen LogP contribution in [0.15, 0.2) is 39.9 Å². The molecule has 26 heavy (non-hydrogen) atoms. The Morgan fingerprint density at radius 1 is 1.19 bits per heavy atom. The fraction of sp³-hybridized carbons (Fsp3) is 0.118. The van der Waals surface area contributed by atoms with E-state index < -0.39 is 0 Å². The average Bonchev–Trinajstić information content (AvgIpc) is 3.00. The summed E-state index contributed by atoms with van der Waals surface area (Å²) in [4.78, 5) is 18.2. The quantitative estimate of drug-likeness (QED) is 0.323. The first-order valence-electron chi connectivity index (χ1n) is 7.49. The van der Waals surface area contributed by atoms with Gasteiger partial charge < -0.3 is 19.4 Å². The molecule has 0 aliphatic heterocycles. The molecule has 9 heteroatoms. The van der Waals surface area contributed by atoms with E-state index in [9.17, 15) is 4.79 Å². The van der Waals surface area contributed by atoms with Crippen molar-refractivity contribution in [1.29, 1.82) is 0 Å². The minimum Gasteiger partial charge on any atom is -0.493 e. The molecule has 1 aromatic heterocycles. The van der Waals surface area contributed by atoms with Crippen LogP contribution < -0.4 is 14.9 Å². The van der Waals surface area contributed by atoms with Crippen molar-refractivity contribution < 1.29 is 14.3 Å². The maximum atomic E-state index is 12.2. The molecule has 0 saturated carbocycles. The highest BCUT2D eigenvalue weighted by Crippen LogP contribution is 2.35. The second-order valence-electron chi connectivity index (χ2n) is 5.28. The average molecular weight is 435 g/mol. The molecule has 7 nitrogen and oxygen atoms in total. The van der Waals surface area contributed by atoms with Gasteiger partial charge in [0, 0.05) is 5.56 Å². The van der Waals surface area contributed by atoms with Crippen LogP contribution in [-0.2, 0) is 0 Å². The van der Waals surface area contributed by atoms with E-state index >= 15 is 0 Å². The number of methoxy groups -OCH3 is 2. The van der Waals surface area contributed by atoms with Gasteiger partial charge in [0.1, 0.15) is 0 Å². The van der Waals surface area contributed by atoms with Gasteiger partial charge in [-0.15, -0.1) is 0 Å². The standard InChI is InChI=1S/C17H15BrN4O3S/c1-24-14-6-9(5-11(18)15(14)25-2)8-19-22-16(23)10-3-4-12-13(7-10)21-17(26)20-12/h3-8H,1-2H3,(H,22,23)(H2,20,21,26)/b19-8-. The van der Waals surface area contributed by atoms with Crippen LogP contribution in [0.3, 0.4) is 0 Å². The molecule has 1 heterocycles. The Bertz CT molecular complexity index is 1060. The van der Waals surface area contributed by atoms with E-state index in [2.05, 4.69) is 36.4 Å². The zero-order chi connectivity index (χ0) is 18.7. The Morgan fingerprint density at radius 3 is 2.69 bits per heavy atom. The summed E-state index contributed by atoms with van der Waals surface area (Å²) in [7, 11) is 3.11. The highest BCUT2D eigenvalue weighted by atomic mass is 79.9. The first-order chi connectivity index (χ1) is 12.5. The third-order valence-corrected chi connectivity index (χ3v) is 4.41. The van der Waals surface area contributed by atoms with Gasteiger partial charge in [-0.25, -0.2) is 5.43 Å². The molecule has 2 aromatic carbocycles. The van der Waals surface area contributed by atoms with Gasteiger partial charge in [0.05, 0.1) is 35.9 Å². The van der Waals surface area contributed by atoms with Gasteiger partial charge in [0.25, 0.3) is 5.91 Å². The van der Waals surface area contributed by atoms with Crippen molar-refractivity contribution in [2.24, 2.45) is 5.10 Å². The summed E-state index contributed by atoms with van der Waals surface area (Å²) >= 11 is 8.45. The van der Waals surface area contributed by atoms with Crippen molar-refractivity contribution >= 4 is 51.3 Å². The van der Waals surface area contributed by atoms with Crippen molar-refractivity contribution in [3.63, 3.8) is 0 Å². The number of carbonyl (C=O) groups is 1. The van der Waals surface area contributed by atoms with Crippen LogP contribution in [0.25, 0.3) is 11.0 Å². The number of hydrogen-bond acceptors (Lipinski definition) is 5. The Balaban J connectivity index is 1.75. The number of aromatic nitrogens is 2. The van der Waals surface area contributed by atoms with Crippen LogP contribution in [0.5, 0.6) is 11.5 Å². The second kappa shape index (κ2) is 7.71. The molecule has 0 saturated heterocycles. The first-order valence-corrected chi connectivity index (χ1v) is 8.69. The summed E-state index contributed by atoms with van der Waals surface area (Å²) in [5, 5.41) is 3.99. The van der Waals surface area contributed by atoms with E-state index in [4.69, 9.17) is 21.7 Å². The van der Waals surface area contributed by atoms with Gasteiger partial charge in [-0.3, -0.25) is 4.79 Å². The molecular formula is C17H15BrN4O3S. The number of nitrogens with one attached hydrogen (secondary N) is 3. The molecule has 134 valence electrons. The molecule has 3 rings (SSSR count). The lowest BCUT2D eigenvalue weighted by molar-refractivity contribution is 0.0955. The smallest absolute Gasteiger partial charge is 0.271 e. The van der Waals surface area contributed by atoms with Crippen molar-refractivity contribution in [3.05, 3.63) is 50.7 Å². The molecule has 0 aliphatic carbocycles. The van der Waals surface area contributed by atoms with Gasteiger partial charge in [0.2, 0.25) is 0 Å². The summed E-state index contributed by atoms with van der Waals surface area (Å²) < 4.78 is 11.8. The van der Waals surface area contributed by atoms with Gasteiger partial charge in [-0.05, 0) is 64.0 Å². The zero-order valence-corrected chi connectivity index (χ0v) is 16.3. The highest BCUT2D eigenvalue weighted by molar-refractivity contribution is 9.10. The third kappa shape index (κ3) is 3.78. The van der Waals surface area contributed by atoms with Crippen LogP contribution in [-0.4, -0.2) is 36.3 Å². The summed E-state index contributed by atoms with van der Waals surface area (Å²) in [6.07, 6.45) is 1.52. The largest absolute Gasteiger partial charge is 0.493 e. The number of H-pyrrole nitrogens is 2. The number of carbonyl (C=O) groups excluding carboxylic acids is 1. The van der Waals surface area contributed by atoms with E-state index in [1.54, 1.807) is 38.5 Å². The number of hydrazone groups is 1. The highest BCUT2D eigenvalue weighted by Gasteiger charge is 2.10. The van der Waals surface area contributed by atoms with Gasteiger partial charge in [-0.2, -0.15) is 5.10 Å². The van der Waals surface area contributed by atoms with E-state index in [-0.39, 0.29) is 5.91 Å². The maximum absolute atomic E-state index is 12.2. The molecule has 1 amide bonds. The number of amides is 1. The Hall–Kier alpha value is -2.65. The molecule has 3 aromatic rings. The SMILES string of the molecule is COc1cc(/C=N\NC(=O)c2ccc3[nH]c(=S)[nH]c3c2)cc(Br)c1OC. The Labute approximate surface area is 162 Å².